The average molecular weight is 420 g/mol. The molecule has 4 rings (SSSR count). The number of carbonyl (C=O) groups is 1. The van der Waals surface area contributed by atoms with Gasteiger partial charge in [0.1, 0.15) is 11.6 Å². The van der Waals surface area contributed by atoms with Gasteiger partial charge < -0.3 is 14.2 Å². The summed E-state index contributed by atoms with van der Waals surface area (Å²) >= 11 is 0. The number of aromatic nitrogens is 2. The Bertz CT molecular complexity index is 1070. The molecular formula is C26H33N3O2. The molecule has 1 aromatic heterocycles. The molecule has 31 heavy (non-hydrogen) atoms. The molecule has 2 aromatic carbocycles. The molecule has 1 atom stereocenters. The van der Waals surface area contributed by atoms with E-state index in [0.29, 0.717) is 12.5 Å². The van der Waals surface area contributed by atoms with Gasteiger partial charge in [0.25, 0.3) is 0 Å². The second-order valence-electron chi connectivity index (χ2n) is 8.88. The van der Waals surface area contributed by atoms with E-state index in [1.165, 1.54) is 11.1 Å². The topological polar surface area (TPSA) is 47.4 Å². The maximum Gasteiger partial charge on any atom is 0.220 e. The molecule has 1 aliphatic heterocycles. The molecule has 0 spiro atoms. The van der Waals surface area contributed by atoms with Crippen LogP contribution < -0.4 is 4.74 Å². The number of ether oxygens (including phenoxy) is 1. The zero-order valence-corrected chi connectivity index (χ0v) is 19.1. The van der Waals surface area contributed by atoms with Gasteiger partial charge >= 0.3 is 0 Å². The van der Waals surface area contributed by atoms with Gasteiger partial charge in [0.15, 0.2) is 0 Å². The molecule has 1 amide bonds. The summed E-state index contributed by atoms with van der Waals surface area (Å²) in [7, 11) is 0. The summed E-state index contributed by atoms with van der Waals surface area (Å²) in [5.41, 5.74) is 4.59. The molecule has 2 heterocycles. The molecule has 5 heteroatoms. The molecule has 1 aliphatic rings. The maximum absolute atomic E-state index is 12.2. The third-order valence-electron chi connectivity index (χ3n) is 6.21. The van der Waals surface area contributed by atoms with E-state index in [2.05, 4.69) is 61.7 Å². The van der Waals surface area contributed by atoms with Gasteiger partial charge in [-0.25, -0.2) is 4.98 Å². The summed E-state index contributed by atoms with van der Waals surface area (Å²) in [4.78, 5) is 19.1. The van der Waals surface area contributed by atoms with Gasteiger partial charge in [-0.2, -0.15) is 0 Å². The Morgan fingerprint density at radius 2 is 2.03 bits per heavy atom. The van der Waals surface area contributed by atoms with Crippen LogP contribution in [0.15, 0.2) is 42.5 Å². The lowest BCUT2D eigenvalue weighted by Crippen LogP contribution is -2.30. The van der Waals surface area contributed by atoms with Crippen molar-refractivity contribution in [2.45, 2.75) is 65.5 Å². The van der Waals surface area contributed by atoms with E-state index >= 15 is 0 Å². The molecule has 164 valence electrons. The number of carbonyl (C=O) groups excluding carboxylic acids is 1. The fraction of sp³-hybridized carbons (Fsp3) is 0.462. The van der Waals surface area contributed by atoms with Crippen molar-refractivity contribution >= 4 is 16.9 Å². The lowest BCUT2D eigenvalue weighted by molar-refractivity contribution is -0.129. The lowest BCUT2D eigenvalue weighted by atomic mass is 10.0. The summed E-state index contributed by atoms with van der Waals surface area (Å²) in [5.74, 6) is 2.56. The minimum atomic E-state index is 0.0649. The summed E-state index contributed by atoms with van der Waals surface area (Å²) in [6.07, 6.45) is 2.88. The van der Waals surface area contributed by atoms with Crippen LogP contribution in [0.1, 0.15) is 68.9 Å². The van der Waals surface area contributed by atoms with Crippen LogP contribution in [0.4, 0.5) is 0 Å². The van der Waals surface area contributed by atoms with Crippen LogP contribution >= 0.6 is 0 Å². The summed E-state index contributed by atoms with van der Waals surface area (Å²) < 4.78 is 8.51. The van der Waals surface area contributed by atoms with Crippen molar-refractivity contribution in [1.82, 2.24) is 14.5 Å². The Hall–Kier alpha value is -2.82. The van der Waals surface area contributed by atoms with Gasteiger partial charge in [-0.05, 0) is 61.4 Å². The van der Waals surface area contributed by atoms with Crippen molar-refractivity contribution in [1.29, 1.82) is 0 Å². The van der Waals surface area contributed by atoms with Gasteiger partial charge in [-0.3, -0.25) is 4.79 Å². The third-order valence-corrected chi connectivity index (χ3v) is 6.21. The predicted molar refractivity (Wildman–Crippen MR) is 124 cm³/mol. The molecular weight excluding hydrogens is 386 g/mol. The van der Waals surface area contributed by atoms with Crippen LogP contribution in [0.3, 0.4) is 0 Å². The van der Waals surface area contributed by atoms with E-state index in [-0.39, 0.29) is 11.9 Å². The Balaban J connectivity index is 1.53. The molecule has 5 nitrogen and oxygen atoms in total. The largest absolute Gasteiger partial charge is 0.493 e. The summed E-state index contributed by atoms with van der Waals surface area (Å²) in [6, 6.07) is 14.8. The fourth-order valence-electron chi connectivity index (χ4n) is 4.64. The number of nitrogens with zero attached hydrogens (tertiary/aromatic N) is 3. The fourth-order valence-corrected chi connectivity index (χ4v) is 4.64. The van der Waals surface area contributed by atoms with E-state index < -0.39 is 0 Å². The van der Waals surface area contributed by atoms with Gasteiger partial charge in [0.2, 0.25) is 5.91 Å². The van der Waals surface area contributed by atoms with E-state index in [0.717, 1.165) is 55.0 Å². The molecule has 0 saturated carbocycles. The normalized spacial score (nSPS) is 16.4. The molecule has 0 N–H and O–H groups in total. The van der Waals surface area contributed by atoms with Gasteiger partial charge in [-0.1, -0.05) is 38.1 Å². The Morgan fingerprint density at radius 3 is 2.81 bits per heavy atom. The van der Waals surface area contributed by atoms with Gasteiger partial charge in [0, 0.05) is 20.0 Å². The van der Waals surface area contributed by atoms with Gasteiger partial charge in [0.05, 0.1) is 23.7 Å². The van der Waals surface area contributed by atoms with E-state index in [4.69, 9.17) is 9.72 Å². The third kappa shape index (κ3) is 4.46. The first kappa shape index (κ1) is 21.4. The van der Waals surface area contributed by atoms with Crippen LogP contribution in [0.5, 0.6) is 5.75 Å². The number of para-hydroxylation sites is 2. The van der Waals surface area contributed by atoms with Crippen LogP contribution in [0.2, 0.25) is 0 Å². The molecule has 0 unspecified atom stereocenters. The predicted octanol–water partition coefficient (Wildman–Crippen LogP) is 5.62. The Kier molecular flexibility index (Phi) is 6.30. The van der Waals surface area contributed by atoms with Crippen molar-refractivity contribution < 1.29 is 9.53 Å². The number of hydrogen-bond donors (Lipinski definition) is 0. The molecule has 3 aromatic rings. The highest BCUT2D eigenvalue weighted by atomic mass is 16.5. The zero-order chi connectivity index (χ0) is 22.0. The van der Waals surface area contributed by atoms with E-state index in [1.54, 1.807) is 6.92 Å². The first-order valence-electron chi connectivity index (χ1n) is 11.4. The second kappa shape index (κ2) is 9.13. The summed E-state index contributed by atoms with van der Waals surface area (Å²) in [5, 5.41) is 0. The highest BCUT2D eigenvalue weighted by Gasteiger charge is 2.32. The van der Waals surface area contributed by atoms with Crippen molar-refractivity contribution in [3.63, 3.8) is 0 Å². The summed E-state index contributed by atoms with van der Waals surface area (Å²) in [6.45, 7) is 10.4. The SMILES string of the molecule is CC(=O)N1CCC[C@@H]1c1nc2ccccc2n1CCCOc1cc(C)ccc1C(C)C. The Labute approximate surface area is 185 Å². The van der Waals surface area contributed by atoms with Crippen LogP contribution in [0, 0.1) is 6.92 Å². The number of fused-ring (bicyclic) bond motifs is 1. The van der Waals surface area contributed by atoms with Crippen molar-refractivity contribution in [3.8, 4) is 5.75 Å². The smallest absolute Gasteiger partial charge is 0.220 e. The number of hydrogen-bond acceptors (Lipinski definition) is 3. The minimum Gasteiger partial charge on any atom is -0.493 e. The number of likely N-dealkylation sites (tertiary alicyclic amines) is 1. The number of aryl methyl sites for hydroxylation is 2. The van der Waals surface area contributed by atoms with Gasteiger partial charge in [-0.15, -0.1) is 0 Å². The first-order valence-corrected chi connectivity index (χ1v) is 11.4. The molecule has 0 aliphatic carbocycles. The molecule has 0 radical (unpaired) electrons. The van der Waals surface area contributed by atoms with Crippen LogP contribution in [-0.4, -0.2) is 33.5 Å². The van der Waals surface area contributed by atoms with Crippen LogP contribution in [0.25, 0.3) is 11.0 Å². The Morgan fingerprint density at radius 1 is 1.23 bits per heavy atom. The van der Waals surface area contributed by atoms with Crippen molar-refractivity contribution in [2.24, 2.45) is 0 Å². The van der Waals surface area contributed by atoms with Crippen molar-refractivity contribution in [3.05, 3.63) is 59.4 Å². The minimum absolute atomic E-state index is 0.0649. The number of benzene rings is 2. The number of imidazole rings is 1. The highest BCUT2D eigenvalue weighted by Crippen LogP contribution is 2.34. The second-order valence-corrected chi connectivity index (χ2v) is 8.88. The quantitative estimate of drug-likeness (QED) is 0.467. The number of rotatable bonds is 7. The van der Waals surface area contributed by atoms with Crippen molar-refractivity contribution in [2.75, 3.05) is 13.2 Å². The molecule has 1 fully saturated rings. The first-order chi connectivity index (χ1) is 15.0. The zero-order valence-electron chi connectivity index (χ0n) is 19.1. The van der Waals surface area contributed by atoms with E-state index in [1.807, 2.05) is 11.0 Å². The lowest BCUT2D eigenvalue weighted by Gasteiger charge is -2.24. The standard InChI is InChI=1S/C26H33N3O2/c1-18(2)21-13-12-19(3)17-25(21)31-16-8-15-29-23-10-6-5-9-22(23)27-26(29)24-11-7-14-28(24)20(4)30/h5-6,9-10,12-13,17-18,24H,7-8,11,14-16H2,1-4H3/t24-/m1/s1. The monoisotopic (exact) mass is 419 g/mol. The highest BCUT2D eigenvalue weighted by molar-refractivity contribution is 5.77. The molecule has 0 bridgehead atoms. The average Bonchev–Trinajstić information content (AvgIpc) is 3.36. The number of amides is 1. The molecule has 1 saturated heterocycles. The van der Waals surface area contributed by atoms with E-state index in [9.17, 15) is 4.79 Å². The van der Waals surface area contributed by atoms with Crippen LogP contribution in [-0.2, 0) is 11.3 Å². The maximum atomic E-state index is 12.2.